The van der Waals surface area contributed by atoms with E-state index in [2.05, 4.69) is 20.3 Å². The summed E-state index contributed by atoms with van der Waals surface area (Å²) in [5.41, 5.74) is 7.68. The fourth-order valence-corrected chi connectivity index (χ4v) is 3.63. The van der Waals surface area contributed by atoms with Gasteiger partial charge in [-0.3, -0.25) is 10.1 Å². The standard InChI is InChI=1S/C18H14ClN7O4/c19-8-1-2-12-11(3-8)23-17(30-12)24-16(27)10-6-26(9-4-25(5-9)18(28)29)15-13(10)14(20)21-7-22-15/h1-3,6-7,9H,4-5H2,(H,28,29)(H2,20,21,22)(H,23,24,27). The largest absolute Gasteiger partial charge is 0.465 e. The summed E-state index contributed by atoms with van der Waals surface area (Å²) in [6.07, 6.45) is 1.90. The van der Waals surface area contributed by atoms with Crippen LogP contribution in [0.1, 0.15) is 16.4 Å². The molecule has 4 heterocycles. The highest BCUT2D eigenvalue weighted by molar-refractivity contribution is 6.31. The molecule has 12 heteroatoms. The molecular weight excluding hydrogens is 414 g/mol. The van der Waals surface area contributed by atoms with Gasteiger partial charge in [-0.1, -0.05) is 11.6 Å². The van der Waals surface area contributed by atoms with Gasteiger partial charge < -0.3 is 24.7 Å². The van der Waals surface area contributed by atoms with E-state index in [4.69, 9.17) is 26.9 Å². The Hall–Kier alpha value is -3.86. The van der Waals surface area contributed by atoms with Crippen molar-refractivity contribution in [2.24, 2.45) is 0 Å². The summed E-state index contributed by atoms with van der Waals surface area (Å²) in [7, 11) is 0. The van der Waals surface area contributed by atoms with Gasteiger partial charge in [0.2, 0.25) is 0 Å². The first kappa shape index (κ1) is 18.2. The van der Waals surface area contributed by atoms with Gasteiger partial charge in [0.05, 0.1) is 17.0 Å². The lowest BCUT2D eigenvalue weighted by molar-refractivity contribution is 0.0866. The van der Waals surface area contributed by atoms with Gasteiger partial charge in [-0.2, -0.15) is 4.98 Å². The van der Waals surface area contributed by atoms with Gasteiger partial charge in [0, 0.05) is 24.3 Å². The molecule has 0 unspecified atom stereocenters. The topological polar surface area (TPSA) is 152 Å². The normalized spacial score (nSPS) is 14.2. The van der Waals surface area contributed by atoms with Crippen molar-refractivity contribution < 1.29 is 19.1 Å². The van der Waals surface area contributed by atoms with Crippen LogP contribution in [0.4, 0.5) is 16.6 Å². The smallest absolute Gasteiger partial charge is 0.407 e. The van der Waals surface area contributed by atoms with Gasteiger partial charge in [0.25, 0.3) is 5.91 Å². The first-order valence-electron chi connectivity index (χ1n) is 8.87. The van der Waals surface area contributed by atoms with E-state index in [-0.39, 0.29) is 36.5 Å². The van der Waals surface area contributed by atoms with Gasteiger partial charge >= 0.3 is 12.1 Å². The maximum Gasteiger partial charge on any atom is 0.407 e. The Morgan fingerprint density at radius 1 is 1.30 bits per heavy atom. The number of nitrogens with two attached hydrogens (primary N) is 1. The number of aromatic nitrogens is 4. The zero-order chi connectivity index (χ0) is 21.0. The number of rotatable bonds is 3. The van der Waals surface area contributed by atoms with Crippen molar-refractivity contribution in [3.8, 4) is 0 Å². The summed E-state index contributed by atoms with van der Waals surface area (Å²) in [5.74, 6) is -0.366. The number of oxazole rings is 1. The van der Waals surface area contributed by atoms with Crippen LogP contribution in [-0.4, -0.2) is 54.6 Å². The molecule has 152 valence electrons. The number of anilines is 2. The molecule has 1 aliphatic rings. The van der Waals surface area contributed by atoms with Crippen LogP contribution in [0.3, 0.4) is 0 Å². The van der Waals surface area contributed by atoms with Crippen LogP contribution in [-0.2, 0) is 0 Å². The maximum absolute atomic E-state index is 13.0. The molecule has 0 bridgehead atoms. The highest BCUT2D eigenvalue weighted by atomic mass is 35.5. The Morgan fingerprint density at radius 2 is 2.10 bits per heavy atom. The Morgan fingerprint density at radius 3 is 2.87 bits per heavy atom. The second-order valence-electron chi connectivity index (χ2n) is 6.83. The van der Waals surface area contributed by atoms with E-state index < -0.39 is 12.0 Å². The predicted octanol–water partition coefficient (Wildman–Crippen LogP) is 2.60. The van der Waals surface area contributed by atoms with Gasteiger partial charge in [-0.05, 0) is 18.2 Å². The molecule has 30 heavy (non-hydrogen) atoms. The van der Waals surface area contributed by atoms with Crippen LogP contribution in [0.5, 0.6) is 0 Å². The minimum absolute atomic E-state index is 0.00860. The Bertz CT molecular complexity index is 1330. The van der Waals surface area contributed by atoms with E-state index >= 15 is 0 Å². The Kier molecular flexibility index (Phi) is 4.00. The highest BCUT2D eigenvalue weighted by Gasteiger charge is 2.34. The van der Waals surface area contributed by atoms with E-state index in [1.807, 2.05) is 0 Å². The zero-order valence-corrected chi connectivity index (χ0v) is 16.0. The Balaban J connectivity index is 1.50. The van der Waals surface area contributed by atoms with E-state index in [0.717, 1.165) is 0 Å². The van der Waals surface area contributed by atoms with E-state index in [0.29, 0.717) is 27.2 Å². The van der Waals surface area contributed by atoms with Gasteiger partial charge in [0.1, 0.15) is 23.3 Å². The predicted molar refractivity (Wildman–Crippen MR) is 108 cm³/mol. The van der Waals surface area contributed by atoms with Crippen molar-refractivity contribution >= 4 is 57.6 Å². The van der Waals surface area contributed by atoms with Crippen molar-refractivity contribution in [3.05, 3.63) is 41.3 Å². The number of nitrogens with one attached hydrogen (secondary N) is 1. The zero-order valence-electron chi connectivity index (χ0n) is 15.2. The number of carbonyl (C=O) groups is 2. The van der Waals surface area contributed by atoms with E-state index in [9.17, 15) is 9.59 Å². The van der Waals surface area contributed by atoms with Gasteiger partial charge in [-0.15, -0.1) is 0 Å². The van der Waals surface area contributed by atoms with Crippen LogP contribution >= 0.6 is 11.6 Å². The fourth-order valence-electron chi connectivity index (χ4n) is 3.46. The molecule has 11 nitrogen and oxygen atoms in total. The van der Waals surface area contributed by atoms with Crippen LogP contribution in [0, 0.1) is 0 Å². The molecule has 2 amide bonds. The average Bonchev–Trinajstić information content (AvgIpc) is 3.22. The number of hydrogen-bond acceptors (Lipinski definition) is 7. The molecule has 0 radical (unpaired) electrons. The summed E-state index contributed by atoms with van der Waals surface area (Å²) in [6, 6.07) is 4.78. The molecular formula is C18H14ClN7O4. The van der Waals surface area contributed by atoms with Crippen LogP contribution < -0.4 is 11.1 Å². The average molecular weight is 428 g/mol. The summed E-state index contributed by atoms with van der Waals surface area (Å²) in [5, 5.41) is 12.6. The quantitative estimate of drug-likeness (QED) is 0.451. The van der Waals surface area contributed by atoms with Crippen molar-refractivity contribution in [3.63, 3.8) is 0 Å². The Labute approximate surface area is 173 Å². The van der Waals surface area contributed by atoms with Crippen LogP contribution in [0.25, 0.3) is 22.1 Å². The molecule has 0 saturated carbocycles. The number of nitrogens with zero attached hydrogens (tertiary/aromatic N) is 5. The number of amides is 2. The molecule has 0 atom stereocenters. The SMILES string of the molecule is Nc1ncnc2c1c(C(=O)Nc1nc3cc(Cl)ccc3o1)cn2C1CN(C(=O)O)C1. The van der Waals surface area contributed by atoms with Crippen molar-refractivity contribution in [2.45, 2.75) is 6.04 Å². The molecule has 0 aliphatic carbocycles. The molecule has 0 spiro atoms. The second kappa shape index (κ2) is 6.59. The lowest BCUT2D eigenvalue weighted by atomic mass is 10.1. The number of carboxylic acid groups (broad SMARTS) is 1. The first-order chi connectivity index (χ1) is 14.4. The third kappa shape index (κ3) is 2.87. The molecule has 5 rings (SSSR count). The monoisotopic (exact) mass is 427 g/mol. The van der Waals surface area contributed by atoms with Crippen molar-refractivity contribution in [1.82, 2.24) is 24.4 Å². The number of benzene rings is 1. The lowest BCUT2D eigenvalue weighted by Crippen LogP contribution is -2.50. The van der Waals surface area contributed by atoms with E-state index in [1.165, 1.54) is 11.2 Å². The number of carbonyl (C=O) groups excluding carboxylic acids is 1. The summed E-state index contributed by atoms with van der Waals surface area (Å²) < 4.78 is 7.29. The minimum atomic E-state index is -0.995. The maximum atomic E-state index is 13.0. The van der Waals surface area contributed by atoms with Gasteiger partial charge in [-0.25, -0.2) is 14.8 Å². The third-order valence-corrected chi connectivity index (χ3v) is 5.21. The van der Waals surface area contributed by atoms with Crippen molar-refractivity contribution in [1.29, 1.82) is 0 Å². The molecule has 4 N–H and O–H groups in total. The molecule has 3 aromatic heterocycles. The molecule has 4 aromatic rings. The summed E-state index contributed by atoms with van der Waals surface area (Å²) in [4.78, 5) is 37.7. The number of halogens is 1. The third-order valence-electron chi connectivity index (χ3n) is 4.98. The molecule has 1 aliphatic heterocycles. The molecule has 1 aromatic carbocycles. The van der Waals surface area contributed by atoms with Gasteiger partial charge in [0.15, 0.2) is 5.58 Å². The number of nitrogen functional groups attached to an aromatic ring is 1. The number of likely N-dealkylation sites (tertiary alicyclic amines) is 1. The summed E-state index contributed by atoms with van der Waals surface area (Å²) >= 11 is 5.95. The van der Waals surface area contributed by atoms with Crippen LogP contribution in [0.2, 0.25) is 5.02 Å². The van der Waals surface area contributed by atoms with Crippen molar-refractivity contribution in [2.75, 3.05) is 24.1 Å². The number of fused-ring (bicyclic) bond motifs is 2. The minimum Gasteiger partial charge on any atom is -0.465 e. The molecule has 1 fully saturated rings. The van der Waals surface area contributed by atoms with E-state index in [1.54, 1.807) is 29.0 Å². The summed E-state index contributed by atoms with van der Waals surface area (Å²) in [6.45, 7) is 0.575. The fraction of sp³-hybridized carbons (Fsp3) is 0.167. The first-order valence-corrected chi connectivity index (χ1v) is 9.25. The number of hydrogen-bond donors (Lipinski definition) is 3. The van der Waals surface area contributed by atoms with Crippen LogP contribution in [0.15, 0.2) is 35.1 Å². The highest BCUT2D eigenvalue weighted by Crippen LogP contribution is 2.31. The lowest BCUT2D eigenvalue weighted by Gasteiger charge is -2.38. The second-order valence-corrected chi connectivity index (χ2v) is 7.27. The molecule has 1 saturated heterocycles.